The normalized spacial score (nSPS) is 8.75. The fraction of sp³-hybridized carbons (Fsp3) is 0.400. The third-order valence-electron chi connectivity index (χ3n) is 1.63. The van der Waals surface area contributed by atoms with E-state index in [2.05, 4.69) is 24.4 Å². The number of para-hydroxylation sites is 1. The van der Waals surface area contributed by atoms with Crippen LogP contribution in [0.1, 0.15) is 19.8 Å². The van der Waals surface area contributed by atoms with Crippen LogP contribution in [0, 0.1) is 0 Å². The van der Waals surface area contributed by atoms with E-state index in [1.54, 1.807) is 0 Å². The fourth-order valence-electron chi connectivity index (χ4n) is 0.966. The molecule has 1 N–H and O–H groups in total. The van der Waals surface area contributed by atoms with Crippen molar-refractivity contribution in [1.29, 1.82) is 0 Å². The Hall–Kier alpha value is -0.250. The number of anilines is 1. The van der Waals surface area contributed by atoms with Crippen LogP contribution in [0.25, 0.3) is 0 Å². The monoisotopic (exact) mass is 277 g/mol. The Labute approximate surface area is 91.6 Å². The van der Waals surface area contributed by atoms with Gasteiger partial charge in [0, 0.05) is 12.2 Å². The fourth-order valence-corrected chi connectivity index (χ4v) is 0.966. The number of nitrogens with one attached hydrogen (secondary N) is 1. The lowest BCUT2D eigenvalue weighted by Crippen LogP contribution is -1.99. The minimum atomic E-state index is 0. The Morgan fingerprint density at radius 2 is 1.83 bits per heavy atom. The van der Waals surface area contributed by atoms with Crippen molar-refractivity contribution in [2.45, 2.75) is 19.8 Å². The van der Waals surface area contributed by atoms with E-state index in [0.717, 1.165) is 6.54 Å². The van der Waals surface area contributed by atoms with Crippen LogP contribution in [-0.4, -0.2) is 6.54 Å². The molecule has 1 rings (SSSR count). The maximum Gasteiger partial charge on any atom is 0.0340 e. The molecule has 12 heavy (non-hydrogen) atoms. The molecular weight excluding hydrogens is 261 g/mol. The molecule has 2 heteroatoms. The molecule has 0 heterocycles. The molecule has 0 saturated heterocycles. The van der Waals surface area contributed by atoms with Crippen LogP contribution < -0.4 is 5.32 Å². The van der Waals surface area contributed by atoms with Crippen molar-refractivity contribution in [2.24, 2.45) is 0 Å². The van der Waals surface area contributed by atoms with Crippen molar-refractivity contribution in [1.82, 2.24) is 0 Å². The first-order valence-electron chi connectivity index (χ1n) is 4.22. The van der Waals surface area contributed by atoms with Crippen LogP contribution >= 0.6 is 24.0 Å². The highest BCUT2D eigenvalue weighted by atomic mass is 127. The molecule has 0 aromatic heterocycles. The van der Waals surface area contributed by atoms with E-state index in [4.69, 9.17) is 0 Å². The van der Waals surface area contributed by atoms with Gasteiger partial charge in [-0.3, -0.25) is 0 Å². The Bertz CT molecular complexity index is 186. The molecule has 1 nitrogen and oxygen atoms in total. The molecule has 0 bridgehead atoms. The third-order valence-corrected chi connectivity index (χ3v) is 1.63. The number of hydrogen-bond acceptors (Lipinski definition) is 1. The number of benzene rings is 1. The zero-order chi connectivity index (χ0) is 7.94. The summed E-state index contributed by atoms with van der Waals surface area (Å²) in [5.74, 6) is 0. The topological polar surface area (TPSA) is 12.0 Å². The van der Waals surface area contributed by atoms with Gasteiger partial charge in [0.25, 0.3) is 0 Å². The summed E-state index contributed by atoms with van der Waals surface area (Å²) in [7, 11) is 0. The quantitative estimate of drug-likeness (QED) is 0.656. The Kier molecular flexibility index (Phi) is 7.25. The van der Waals surface area contributed by atoms with Crippen molar-refractivity contribution in [3.63, 3.8) is 0 Å². The van der Waals surface area contributed by atoms with Gasteiger partial charge in [-0.1, -0.05) is 31.5 Å². The van der Waals surface area contributed by atoms with Gasteiger partial charge < -0.3 is 5.32 Å². The van der Waals surface area contributed by atoms with Crippen molar-refractivity contribution in [3.8, 4) is 0 Å². The molecule has 1 aromatic carbocycles. The molecule has 0 aliphatic carbocycles. The summed E-state index contributed by atoms with van der Waals surface area (Å²) in [6.45, 7) is 3.28. The summed E-state index contributed by atoms with van der Waals surface area (Å²) < 4.78 is 0. The lowest BCUT2D eigenvalue weighted by atomic mass is 10.3. The van der Waals surface area contributed by atoms with Crippen LogP contribution in [0.5, 0.6) is 0 Å². The summed E-state index contributed by atoms with van der Waals surface area (Å²) >= 11 is 0. The molecule has 0 fully saturated rings. The Morgan fingerprint density at radius 3 is 2.42 bits per heavy atom. The van der Waals surface area contributed by atoms with E-state index >= 15 is 0 Å². The van der Waals surface area contributed by atoms with Gasteiger partial charge in [-0.2, -0.15) is 0 Å². The van der Waals surface area contributed by atoms with Crippen LogP contribution in [0.15, 0.2) is 30.3 Å². The second-order valence-corrected chi connectivity index (χ2v) is 2.65. The minimum absolute atomic E-state index is 0. The molecule has 0 spiro atoms. The molecule has 0 atom stereocenters. The lowest BCUT2D eigenvalue weighted by molar-refractivity contribution is 0.834. The predicted octanol–water partition coefficient (Wildman–Crippen LogP) is 3.52. The van der Waals surface area contributed by atoms with Gasteiger partial charge in [0.05, 0.1) is 0 Å². The van der Waals surface area contributed by atoms with Crippen molar-refractivity contribution >= 4 is 29.7 Å². The summed E-state index contributed by atoms with van der Waals surface area (Å²) in [5.41, 5.74) is 1.22. The molecule has 0 saturated carbocycles. The standard InChI is InChI=1S/C10H15N.HI/c1-2-3-9-11-10-7-5-4-6-8-10;/h4-8,11H,2-3,9H2,1H3;1H. The zero-order valence-corrected chi connectivity index (χ0v) is 9.75. The van der Waals surface area contributed by atoms with E-state index in [1.807, 2.05) is 18.2 Å². The average Bonchev–Trinajstić information content (AvgIpc) is 2.07. The highest BCUT2D eigenvalue weighted by Crippen LogP contribution is 2.04. The smallest absolute Gasteiger partial charge is 0.0340 e. The van der Waals surface area contributed by atoms with Gasteiger partial charge in [0.1, 0.15) is 0 Å². The highest BCUT2D eigenvalue weighted by Gasteiger charge is 1.86. The molecule has 0 aliphatic heterocycles. The average molecular weight is 277 g/mol. The van der Waals surface area contributed by atoms with Gasteiger partial charge >= 0.3 is 0 Å². The Morgan fingerprint density at radius 1 is 1.17 bits per heavy atom. The first-order chi connectivity index (χ1) is 5.43. The van der Waals surface area contributed by atoms with Crippen LogP contribution in [-0.2, 0) is 0 Å². The van der Waals surface area contributed by atoms with Gasteiger partial charge in [0.15, 0.2) is 0 Å². The van der Waals surface area contributed by atoms with Gasteiger partial charge in [-0.25, -0.2) is 0 Å². The molecule has 68 valence electrons. The second-order valence-electron chi connectivity index (χ2n) is 2.65. The molecule has 0 amide bonds. The third kappa shape index (κ3) is 4.59. The summed E-state index contributed by atoms with van der Waals surface area (Å²) in [4.78, 5) is 0. The van der Waals surface area contributed by atoms with Crippen molar-refractivity contribution in [3.05, 3.63) is 30.3 Å². The van der Waals surface area contributed by atoms with E-state index in [-0.39, 0.29) is 24.0 Å². The molecule has 0 aliphatic rings. The lowest BCUT2D eigenvalue weighted by Gasteiger charge is -2.03. The minimum Gasteiger partial charge on any atom is -0.385 e. The van der Waals surface area contributed by atoms with Gasteiger partial charge in [-0.05, 0) is 18.6 Å². The molecular formula is C10H16IN. The van der Waals surface area contributed by atoms with Gasteiger partial charge in [0.2, 0.25) is 0 Å². The van der Waals surface area contributed by atoms with Crippen molar-refractivity contribution < 1.29 is 0 Å². The number of hydrogen-bond donors (Lipinski definition) is 1. The zero-order valence-electron chi connectivity index (χ0n) is 7.42. The first kappa shape index (κ1) is 11.8. The van der Waals surface area contributed by atoms with Crippen LogP contribution in [0.3, 0.4) is 0 Å². The van der Waals surface area contributed by atoms with Crippen molar-refractivity contribution in [2.75, 3.05) is 11.9 Å². The van der Waals surface area contributed by atoms with Crippen LogP contribution in [0.4, 0.5) is 5.69 Å². The Balaban J connectivity index is 0.00000121. The largest absolute Gasteiger partial charge is 0.385 e. The maximum atomic E-state index is 3.35. The first-order valence-corrected chi connectivity index (χ1v) is 4.22. The second kappa shape index (κ2) is 7.40. The highest BCUT2D eigenvalue weighted by molar-refractivity contribution is 14.0. The van der Waals surface area contributed by atoms with E-state index in [0.29, 0.717) is 0 Å². The number of halogens is 1. The SMILES string of the molecule is CCCCNc1ccccc1.I. The predicted molar refractivity (Wildman–Crippen MR) is 65.3 cm³/mol. The van der Waals surface area contributed by atoms with Crippen LogP contribution in [0.2, 0.25) is 0 Å². The van der Waals surface area contributed by atoms with E-state index in [1.165, 1.54) is 18.5 Å². The number of unbranched alkanes of at least 4 members (excludes halogenated alkanes) is 1. The van der Waals surface area contributed by atoms with Gasteiger partial charge in [-0.15, -0.1) is 24.0 Å². The number of rotatable bonds is 4. The molecule has 0 unspecified atom stereocenters. The van der Waals surface area contributed by atoms with E-state index < -0.39 is 0 Å². The summed E-state index contributed by atoms with van der Waals surface area (Å²) in [6.07, 6.45) is 2.49. The summed E-state index contributed by atoms with van der Waals surface area (Å²) in [6, 6.07) is 10.3. The molecule has 0 radical (unpaired) electrons. The summed E-state index contributed by atoms with van der Waals surface area (Å²) in [5, 5.41) is 3.35. The molecule has 1 aromatic rings. The van der Waals surface area contributed by atoms with E-state index in [9.17, 15) is 0 Å². The maximum absolute atomic E-state index is 3.35.